The first-order valence-corrected chi connectivity index (χ1v) is 10.1. The van der Waals surface area contributed by atoms with E-state index in [4.69, 9.17) is 4.74 Å². The van der Waals surface area contributed by atoms with Crippen molar-refractivity contribution >= 4 is 17.7 Å². The quantitative estimate of drug-likeness (QED) is 0.524. The first-order chi connectivity index (χ1) is 14.5. The molecule has 1 atom stereocenters. The van der Waals surface area contributed by atoms with Gasteiger partial charge in [-0.05, 0) is 29.5 Å². The molecule has 0 radical (unpaired) electrons. The number of hydrogen-bond acceptors (Lipinski definition) is 4. The minimum atomic E-state index is -0.476. The van der Waals surface area contributed by atoms with Gasteiger partial charge in [0.15, 0.2) is 6.61 Å². The van der Waals surface area contributed by atoms with Gasteiger partial charge in [0.05, 0.1) is 0 Å². The maximum atomic E-state index is 11.9. The fraction of sp³-hybridized carbons (Fsp3) is 0.348. The fourth-order valence-electron chi connectivity index (χ4n) is 2.73. The van der Waals surface area contributed by atoms with Crippen LogP contribution in [0.2, 0.25) is 0 Å². The molecule has 7 nitrogen and oxygen atoms in total. The van der Waals surface area contributed by atoms with Crippen LogP contribution >= 0.6 is 0 Å². The lowest BCUT2D eigenvalue weighted by Gasteiger charge is -2.15. The lowest BCUT2D eigenvalue weighted by molar-refractivity contribution is -0.131. The van der Waals surface area contributed by atoms with Crippen LogP contribution in [0.15, 0.2) is 54.6 Å². The minimum absolute atomic E-state index is 0.0292. The van der Waals surface area contributed by atoms with Crippen molar-refractivity contribution in [1.29, 1.82) is 0 Å². The number of hydrogen-bond donors (Lipinski definition) is 3. The monoisotopic (exact) mass is 411 g/mol. The second-order valence-electron chi connectivity index (χ2n) is 6.99. The topological polar surface area (TPSA) is 96.5 Å². The summed E-state index contributed by atoms with van der Waals surface area (Å²) in [6, 6.07) is 17.1. The van der Waals surface area contributed by atoms with E-state index >= 15 is 0 Å². The van der Waals surface area contributed by atoms with Gasteiger partial charge in [-0.15, -0.1) is 0 Å². The highest BCUT2D eigenvalue weighted by Gasteiger charge is 2.12. The molecule has 0 saturated heterocycles. The van der Waals surface area contributed by atoms with E-state index in [9.17, 15) is 14.4 Å². The van der Waals surface area contributed by atoms with Crippen LogP contribution in [0.3, 0.4) is 0 Å². The number of carbonyl (C=O) groups is 3. The van der Waals surface area contributed by atoms with Gasteiger partial charge in [-0.3, -0.25) is 25.2 Å². The van der Waals surface area contributed by atoms with Crippen molar-refractivity contribution in [1.82, 2.24) is 16.2 Å². The highest BCUT2D eigenvalue weighted by atomic mass is 16.5. The van der Waals surface area contributed by atoms with E-state index in [1.165, 1.54) is 0 Å². The molecule has 30 heavy (non-hydrogen) atoms. The summed E-state index contributed by atoms with van der Waals surface area (Å²) in [5.74, 6) is -0.181. The van der Waals surface area contributed by atoms with Crippen molar-refractivity contribution in [3.63, 3.8) is 0 Å². The Morgan fingerprint density at radius 1 is 0.867 bits per heavy atom. The van der Waals surface area contributed by atoms with Crippen molar-refractivity contribution in [3.8, 4) is 5.75 Å². The average molecular weight is 412 g/mol. The van der Waals surface area contributed by atoms with Crippen molar-refractivity contribution in [2.24, 2.45) is 0 Å². The Balaban J connectivity index is 1.65. The van der Waals surface area contributed by atoms with Gasteiger partial charge in [-0.1, -0.05) is 62.4 Å². The van der Waals surface area contributed by atoms with E-state index < -0.39 is 11.8 Å². The summed E-state index contributed by atoms with van der Waals surface area (Å²) in [4.78, 5) is 35.6. The Morgan fingerprint density at radius 2 is 1.50 bits per heavy atom. The number of amides is 3. The Labute approximate surface area is 177 Å². The first-order valence-electron chi connectivity index (χ1n) is 10.1. The zero-order chi connectivity index (χ0) is 21.8. The van der Waals surface area contributed by atoms with Gasteiger partial charge < -0.3 is 10.1 Å². The summed E-state index contributed by atoms with van der Waals surface area (Å²) in [6.07, 6.45) is 0.966. The Kier molecular flexibility index (Phi) is 9.37. The zero-order valence-corrected chi connectivity index (χ0v) is 17.4. The molecule has 0 spiro atoms. The smallest absolute Gasteiger partial charge is 0.276 e. The summed E-state index contributed by atoms with van der Waals surface area (Å²) < 4.78 is 5.60. The molecule has 3 amide bonds. The standard InChI is InChI=1S/C23H29N3O4/c1-3-17(2)19-11-7-8-12-20(19)30-16-23(29)26-25-22(28)14-13-21(27)24-15-18-9-5-4-6-10-18/h4-12,17H,3,13-16H2,1-2H3,(H,24,27)(H,25,28)(H,26,29). The first kappa shape index (κ1) is 22.9. The highest BCUT2D eigenvalue weighted by molar-refractivity contribution is 5.86. The van der Waals surface area contributed by atoms with Gasteiger partial charge in [-0.25, -0.2) is 0 Å². The number of benzene rings is 2. The van der Waals surface area contributed by atoms with E-state index in [1.54, 1.807) is 0 Å². The third-order valence-electron chi connectivity index (χ3n) is 4.67. The van der Waals surface area contributed by atoms with Crippen LogP contribution in [0.4, 0.5) is 0 Å². The Bertz CT molecular complexity index is 839. The highest BCUT2D eigenvalue weighted by Crippen LogP contribution is 2.28. The second-order valence-corrected chi connectivity index (χ2v) is 6.99. The molecule has 2 aromatic rings. The molecule has 0 bridgehead atoms. The predicted octanol–water partition coefficient (Wildman–Crippen LogP) is 2.82. The molecule has 0 fully saturated rings. The van der Waals surface area contributed by atoms with E-state index in [-0.39, 0.29) is 25.4 Å². The number of ether oxygens (including phenoxy) is 1. The van der Waals surface area contributed by atoms with Crippen LogP contribution in [0.1, 0.15) is 50.2 Å². The lowest BCUT2D eigenvalue weighted by atomic mass is 9.98. The third kappa shape index (κ3) is 7.95. The number of nitrogens with one attached hydrogen (secondary N) is 3. The van der Waals surface area contributed by atoms with Crippen molar-refractivity contribution < 1.29 is 19.1 Å². The summed E-state index contributed by atoms with van der Waals surface area (Å²) in [5, 5.41) is 2.75. The van der Waals surface area contributed by atoms with Crippen LogP contribution in [0.5, 0.6) is 5.75 Å². The van der Waals surface area contributed by atoms with E-state index in [1.807, 2.05) is 54.6 Å². The van der Waals surface area contributed by atoms with Crippen molar-refractivity contribution in [3.05, 3.63) is 65.7 Å². The molecule has 0 heterocycles. The number of para-hydroxylation sites is 1. The van der Waals surface area contributed by atoms with Gasteiger partial charge in [0.25, 0.3) is 5.91 Å². The number of carbonyl (C=O) groups excluding carboxylic acids is 3. The largest absolute Gasteiger partial charge is 0.483 e. The second kappa shape index (κ2) is 12.3. The maximum Gasteiger partial charge on any atom is 0.276 e. The fourth-order valence-corrected chi connectivity index (χ4v) is 2.73. The molecular formula is C23H29N3O4. The zero-order valence-electron chi connectivity index (χ0n) is 17.4. The Hall–Kier alpha value is -3.35. The molecule has 3 N–H and O–H groups in total. The van der Waals surface area contributed by atoms with Crippen molar-refractivity contribution in [2.45, 2.75) is 45.6 Å². The van der Waals surface area contributed by atoms with Gasteiger partial charge in [0, 0.05) is 19.4 Å². The molecule has 2 aromatic carbocycles. The van der Waals surface area contributed by atoms with Gasteiger partial charge >= 0.3 is 0 Å². The molecular weight excluding hydrogens is 382 g/mol. The third-order valence-corrected chi connectivity index (χ3v) is 4.67. The predicted molar refractivity (Wildman–Crippen MR) is 114 cm³/mol. The molecule has 7 heteroatoms. The number of rotatable bonds is 10. The van der Waals surface area contributed by atoms with E-state index in [0.29, 0.717) is 18.2 Å². The van der Waals surface area contributed by atoms with Gasteiger partial charge in [0.2, 0.25) is 11.8 Å². The number of hydrazine groups is 1. The molecule has 160 valence electrons. The molecule has 0 aliphatic carbocycles. The summed E-state index contributed by atoms with van der Waals surface area (Å²) in [7, 11) is 0. The van der Waals surface area contributed by atoms with Crippen LogP contribution in [0, 0.1) is 0 Å². The molecule has 1 unspecified atom stereocenters. The van der Waals surface area contributed by atoms with Gasteiger partial charge in [0.1, 0.15) is 5.75 Å². The normalized spacial score (nSPS) is 11.3. The molecule has 2 rings (SSSR count). The lowest BCUT2D eigenvalue weighted by Crippen LogP contribution is -2.44. The van der Waals surface area contributed by atoms with Crippen LogP contribution in [-0.4, -0.2) is 24.3 Å². The van der Waals surface area contributed by atoms with Crippen LogP contribution in [0.25, 0.3) is 0 Å². The summed E-state index contributed by atoms with van der Waals surface area (Å²) in [5.41, 5.74) is 6.62. The average Bonchev–Trinajstić information content (AvgIpc) is 2.79. The molecule has 0 aromatic heterocycles. The maximum absolute atomic E-state index is 11.9. The van der Waals surface area contributed by atoms with Crippen LogP contribution < -0.4 is 20.9 Å². The van der Waals surface area contributed by atoms with E-state index in [0.717, 1.165) is 17.5 Å². The SMILES string of the molecule is CCC(C)c1ccccc1OCC(=O)NNC(=O)CCC(=O)NCc1ccccc1. The van der Waals surface area contributed by atoms with Crippen molar-refractivity contribution in [2.75, 3.05) is 6.61 Å². The molecule has 0 saturated carbocycles. The summed E-state index contributed by atoms with van der Waals surface area (Å²) >= 11 is 0. The molecule has 0 aliphatic rings. The van der Waals surface area contributed by atoms with Crippen LogP contribution in [-0.2, 0) is 20.9 Å². The Morgan fingerprint density at radius 3 is 2.23 bits per heavy atom. The molecule has 0 aliphatic heterocycles. The van der Waals surface area contributed by atoms with E-state index in [2.05, 4.69) is 30.0 Å². The minimum Gasteiger partial charge on any atom is -0.483 e. The van der Waals surface area contributed by atoms with Gasteiger partial charge in [-0.2, -0.15) is 0 Å². The summed E-state index contributed by atoms with van der Waals surface area (Å²) in [6.45, 7) is 4.38.